The zero-order valence-corrected chi connectivity index (χ0v) is 9.12. The van der Waals surface area contributed by atoms with E-state index in [1.807, 2.05) is 13.8 Å². The number of aliphatic hydroxyl groups is 1. The van der Waals surface area contributed by atoms with E-state index in [4.69, 9.17) is 4.74 Å². The van der Waals surface area contributed by atoms with Gasteiger partial charge in [-0.05, 0) is 20.3 Å². The zero-order chi connectivity index (χ0) is 10.8. The van der Waals surface area contributed by atoms with Crippen molar-refractivity contribution < 1.29 is 14.6 Å². The van der Waals surface area contributed by atoms with E-state index < -0.39 is 5.41 Å². The Labute approximate surface area is 84.8 Å². The van der Waals surface area contributed by atoms with E-state index in [-0.39, 0.29) is 12.1 Å². The van der Waals surface area contributed by atoms with Crippen molar-refractivity contribution in [3.8, 4) is 0 Å². The smallest absolute Gasteiger partial charge is 0.312 e. The molecule has 0 amide bonds. The third-order valence-electron chi connectivity index (χ3n) is 2.60. The average Bonchev–Trinajstić information content (AvgIpc) is 2.48. The van der Waals surface area contributed by atoms with Crippen LogP contribution in [0.25, 0.3) is 0 Å². The van der Waals surface area contributed by atoms with Crippen LogP contribution in [0, 0.1) is 5.41 Å². The Morgan fingerprint density at radius 3 is 2.71 bits per heavy atom. The monoisotopic (exact) mass is 201 g/mol. The van der Waals surface area contributed by atoms with Crippen LogP contribution in [-0.2, 0) is 9.53 Å². The summed E-state index contributed by atoms with van der Waals surface area (Å²) in [6.45, 7) is 5.91. The van der Waals surface area contributed by atoms with Crippen molar-refractivity contribution in [3.63, 3.8) is 0 Å². The van der Waals surface area contributed by atoms with Gasteiger partial charge in [-0.1, -0.05) is 0 Å². The Balaban J connectivity index is 2.46. The van der Waals surface area contributed by atoms with Gasteiger partial charge in [-0.15, -0.1) is 0 Å². The van der Waals surface area contributed by atoms with Gasteiger partial charge in [0.1, 0.15) is 0 Å². The van der Waals surface area contributed by atoms with E-state index in [1.54, 1.807) is 0 Å². The van der Waals surface area contributed by atoms with E-state index in [0.717, 1.165) is 13.0 Å². The number of rotatable bonds is 3. The van der Waals surface area contributed by atoms with Crippen LogP contribution in [0.5, 0.6) is 0 Å². The first-order chi connectivity index (χ1) is 6.45. The summed E-state index contributed by atoms with van der Waals surface area (Å²) in [5.41, 5.74) is -0.487. The van der Waals surface area contributed by atoms with Gasteiger partial charge in [0.15, 0.2) is 0 Å². The van der Waals surface area contributed by atoms with Crippen LogP contribution < -0.4 is 0 Å². The summed E-state index contributed by atoms with van der Waals surface area (Å²) in [5.74, 6) is -0.195. The van der Waals surface area contributed by atoms with Gasteiger partial charge < -0.3 is 9.84 Å². The van der Waals surface area contributed by atoms with Crippen LogP contribution >= 0.6 is 0 Å². The summed E-state index contributed by atoms with van der Waals surface area (Å²) in [7, 11) is 1.41. The first-order valence-corrected chi connectivity index (χ1v) is 4.94. The Kier molecular flexibility index (Phi) is 3.50. The summed E-state index contributed by atoms with van der Waals surface area (Å²) < 4.78 is 4.72. The molecule has 0 aromatic rings. The summed E-state index contributed by atoms with van der Waals surface area (Å²) >= 11 is 0. The van der Waals surface area contributed by atoms with Crippen molar-refractivity contribution >= 4 is 5.97 Å². The molecule has 1 heterocycles. The number of esters is 1. The molecule has 1 rings (SSSR count). The van der Waals surface area contributed by atoms with Crippen molar-refractivity contribution in [3.05, 3.63) is 0 Å². The molecule has 82 valence electrons. The molecule has 1 N–H and O–H groups in total. The fourth-order valence-corrected chi connectivity index (χ4v) is 1.86. The second-order valence-electron chi connectivity index (χ2n) is 4.55. The van der Waals surface area contributed by atoms with Crippen molar-refractivity contribution in [2.24, 2.45) is 5.41 Å². The molecule has 1 aliphatic rings. The number of β-amino-alcohol motifs (C(OH)–C–C–N with tert-alkyl or cyclic N) is 1. The molecule has 1 saturated heterocycles. The van der Waals surface area contributed by atoms with Crippen molar-refractivity contribution in [1.82, 2.24) is 4.90 Å². The van der Waals surface area contributed by atoms with Crippen LogP contribution in [0.1, 0.15) is 20.3 Å². The van der Waals surface area contributed by atoms with E-state index in [1.165, 1.54) is 7.11 Å². The maximum absolute atomic E-state index is 11.4. The number of hydrogen-bond donors (Lipinski definition) is 1. The molecule has 0 aromatic heterocycles. The fourth-order valence-electron chi connectivity index (χ4n) is 1.86. The predicted molar refractivity (Wildman–Crippen MR) is 52.9 cm³/mol. The van der Waals surface area contributed by atoms with Gasteiger partial charge in [-0.2, -0.15) is 0 Å². The van der Waals surface area contributed by atoms with Gasteiger partial charge in [0, 0.05) is 19.6 Å². The summed E-state index contributed by atoms with van der Waals surface area (Å²) in [4.78, 5) is 13.5. The maximum atomic E-state index is 11.4. The van der Waals surface area contributed by atoms with Gasteiger partial charge in [-0.25, -0.2) is 0 Å². The lowest BCUT2D eigenvalue weighted by Gasteiger charge is -2.27. The van der Waals surface area contributed by atoms with Crippen molar-refractivity contribution in [2.75, 3.05) is 26.7 Å². The molecule has 0 saturated carbocycles. The highest BCUT2D eigenvalue weighted by Crippen LogP contribution is 2.21. The number of carbonyl (C=O) groups excluding carboxylic acids is 1. The molecule has 1 aliphatic heterocycles. The van der Waals surface area contributed by atoms with E-state index in [2.05, 4.69) is 4.90 Å². The summed E-state index contributed by atoms with van der Waals surface area (Å²) in [6.07, 6.45) is 0.570. The first kappa shape index (κ1) is 11.5. The fraction of sp³-hybridized carbons (Fsp3) is 0.900. The second-order valence-corrected chi connectivity index (χ2v) is 4.55. The van der Waals surface area contributed by atoms with Gasteiger partial charge in [-0.3, -0.25) is 9.69 Å². The normalized spacial score (nSPS) is 23.9. The van der Waals surface area contributed by atoms with Crippen molar-refractivity contribution in [1.29, 1.82) is 0 Å². The predicted octanol–water partition coefficient (Wildman–Crippen LogP) is 0.252. The minimum atomic E-state index is -0.487. The lowest BCUT2D eigenvalue weighted by molar-refractivity contribution is -0.151. The van der Waals surface area contributed by atoms with Crippen LogP contribution in [0.15, 0.2) is 0 Å². The number of methoxy groups -OCH3 is 1. The number of hydrogen-bond acceptors (Lipinski definition) is 4. The lowest BCUT2D eigenvalue weighted by atomic mass is 9.93. The highest BCUT2D eigenvalue weighted by atomic mass is 16.5. The Hall–Kier alpha value is -0.610. The maximum Gasteiger partial charge on any atom is 0.312 e. The molecular weight excluding hydrogens is 182 g/mol. The Bertz CT molecular complexity index is 215. The number of carbonyl (C=O) groups is 1. The molecule has 0 aliphatic carbocycles. The van der Waals surface area contributed by atoms with E-state index in [0.29, 0.717) is 13.1 Å². The van der Waals surface area contributed by atoms with Crippen LogP contribution in [-0.4, -0.2) is 48.8 Å². The molecule has 14 heavy (non-hydrogen) atoms. The lowest BCUT2D eigenvalue weighted by Crippen LogP contribution is -2.39. The van der Waals surface area contributed by atoms with Gasteiger partial charge in [0.2, 0.25) is 0 Å². The average molecular weight is 201 g/mol. The van der Waals surface area contributed by atoms with Crippen LogP contribution in [0.4, 0.5) is 0 Å². The standard InChI is InChI=1S/C10H19NO3/c1-10(2,9(13)14-3)7-11-5-4-8(12)6-11/h8,12H,4-7H2,1-3H3/t8-/m0/s1. The van der Waals surface area contributed by atoms with Crippen molar-refractivity contribution in [2.45, 2.75) is 26.4 Å². The largest absolute Gasteiger partial charge is 0.469 e. The Morgan fingerprint density at radius 1 is 1.64 bits per heavy atom. The number of ether oxygens (including phenoxy) is 1. The molecule has 0 radical (unpaired) electrons. The number of likely N-dealkylation sites (tertiary alicyclic amines) is 1. The molecule has 1 fully saturated rings. The summed E-state index contributed by atoms with van der Waals surface area (Å²) in [6, 6.07) is 0. The SMILES string of the molecule is COC(=O)C(C)(C)CN1CC[C@H](O)C1. The first-order valence-electron chi connectivity index (χ1n) is 4.94. The molecule has 0 spiro atoms. The molecule has 0 aromatic carbocycles. The second kappa shape index (κ2) is 4.28. The molecular formula is C10H19NO3. The van der Waals surface area contributed by atoms with Gasteiger partial charge in [0.05, 0.1) is 18.6 Å². The third kappa shape index (κ3) is 2.69. The summed E-state index contributed by atoms with van der Waals surface area (Å²) in [5, 5.41) is 9.33. The third-order valence-corrected chi connectivity index (χ3v) is 2.60. The molecule has 0 bridgehead atoms. The molecule has 0 unspecified atom stereocenters. The van der Waals surface area contributed by atoms with Crippen LogP contribution in [0.2, 0.25) is 0 Å². The quantitative estimate of drug-likeness (QED) is 0.665. The molecule has 1 atom stereocenters. The highest BCUT2D eigenvalue weighted by molar-refractivity contribution is 5.76. The zero-order valence-electron chi connectivity index (χ0n) is 9.12. The topological polar surface area (TPSA) is 49.8 Å². The highest BCUT2D eigenvalue weighted by Gasteiger charge is 2.33. The minimum Gasteiger partial charge on any atom is -0.469 e. The minimum absolute atomic E-state index is 0.195. The van der Waals surface area contributed by atoms with E-state index in [9.17, 15) is 9.90 Å². The van der Waals surface area contributed by atoms with Crippen LogP contribution in [0.3, 0.4) is 0 Å². The Morgan fingerprint density at radius 2 is 2.29 bits per heavy atom. The number of aliphatic hydroxyl groups excluding tert-OH is 1. The van der Waals surface area contributed by atoms with Gasteiger partial charge in [0.25, 0.3) is 0 Å². The van der Waals surface area contributed by atoms with E-state index >= 15 is 0 Å². The number of nitrogens with zero attached hydrogens (tertiary/aromatic N) is 1. The van der Waals surface area contributed by atoms with Gasteiger partial charge >= 0.3 is 5.97 Å². The molecule has 4 heteroatoms. The molecule has 4 nitrogen and oxygen atoms in total.